The number of hydrogen-bond donors (Lipinski definition) is 2. The van der Waals surface area contributed by atoms with Gasteiger partial charge in [0.15, 0.2) is 0 Å². The van der Waals surface area contributed by atoms with Gasteiger partial charge in [0.2, 0.25) is 5.91 Å². The monoisotopic (exact) mass is 261 g/mol. The molecule has 0 spiro atoms. The number of benzene rings is 1. The molecule has 1 amide bonds. The largest absolute Gasteiger partial charge is 0.396 e. The number of aliphatic hydroxyl groups is 1. The maximum atomic E-state index is 12.5. The number of hydrogen-bond acceptors (Lipinski definition) is 2. The Labute approximate surface area is 115 Å². The molecule has 2 rings (SSSR count). The van der Waals surface area contributed by atoms with Crippen molar-refractivity contribution >= 4 is 5.91 Å². The highest BCUT2D eigenvalue weighted by molar-refractivity contribution is 5.89. The summed E-state index contributed by atoms with van der Waals surface area (Å²) in [4.78, 5) is 12.5. The zero-order valence-corrected chi connectivity index (χ0v) is 11.8. The van der Waals surface area contributed by atoms with Gasteiger partial charge in [-0.05, 0) is 18.4 Å². The van der Waals surface area contributed by atoms with Gasteiger partial charge in [-0.25, -0.2) is 0 Å². The highest BCUT2D eigenvalue weighted by atomic mass is 16.3. The van der Waals surface area contributed by atoms with Crippen LogP contribution in [0.15, 0.2) is 30.3 Å². The summed E-state index contributed by atoms with van der Waals surface area (Å²) < 4.78 is 0. The maximum Gasteiger partial charge on any atom is 0.230 e. The standard InChI is InChI=1S/C16H23NO2/c1-15(2,12-18)11-17-14(19)16(9-6-10-16)13-7-4-3-5-8-13/h3-5,7-8,18H,6,9-12H2,1-2H3,(H,17,19). The third-order valence-electron chi connectivity index (χ3n) is 4.12. The Balaban J connectivity index is 2.08. The van der Waals surface area contributed by atoms with E-state index >= 15 is 0 Å². The molecule has 1 fully saturated rings. The van der Waals surface area contributed by atoms with E-state index in [1.807, 2.05) is 44.2 Å². The van der Waals surface area contributed by atoms with Crippen molar-refractivity contribution in [2.45, 2.75) is 38.5 Å². The van der Waals surface area contributed by atoms with E-state index in [-0.39, 0.29) is 23.3 Å². The van der Waals surface area contributed by atoms with Crippen LogP contribution in [0.3, 0.4) is 0 Å². The Kier molecular flexibility index (Phi) is 3.95. The predicted octanol–water partition coefficient (Wildman–Crippen LogP) is 2.24. The van der Waals surface area contributed by atoms with E-state index in [2.05, 4.69) is 5.32 Å². The van der Waals surface area contributed by atoms with Crippen molar-refractivity contribution in [3.63, 3.8) is 0 Å². The zero-order chi connectivity index (χ0) is 13.9. The van der Waals surface area contributed by atoms with Crippen LogP contribution in [0.2, 0.25) is 0 Å². The van der Waals surface area contributed by atoms with Crippen LogP contribution in [-0.2, 0) is 10.2 Å². The normalized spacial score (nSPS) is 17.6. The van der Waals surface area contributed by atoms with Gasteiger partial charge in [0.1, 0.15) is 0 Å². The average molecular weight is 261 g/mol. The smallest absolute Gasteiger partial charge is 0.230 e. The molecule has 3 heteroatoms. The molecule has 1 aromatic rings. The topological polar surface area (TPSA) is 49.3 Å². The number of carbonyl (C=O) groups excluding carboxylic acids is 1. The summed E-state index contributed by atoms with van der Waals surface area (Å²) in [5, 5.41) is 12.3. The predicted molar refractivity (Wildman–Crippen MR) is 75.8 cm³/mol. The Hall–Kier alpha value is -1.35. The van der Waals surface area contributed by atoms with E-state index in [0.717, 1.165) is 24.8 Å². The lowest BCUT2D eigenvalue weighted by atomic mass is 9.63. The minimum absolute atomic E-state index is 0.0750. The molecule has 0 aromatic heterocycles. The Morgan fingerprint density at radius 2 is 1.95 bits per heavy atom. The SMILES string of the molecule is CC(C)(CO)CNC(=O)C1(c2ccccc2)CCC1. The molecule has 0 bridgehead atoms. The number of aliphatic hydroxyl groups excluding tert-OH is 1. The second-order valence-electron chi connectivity index (χ2n) is 6.31. The number of nitrogens with one attached hydrogen (secondary N) is 1. The molecule has 0 atom stereocenters. The van der Waals surface area contributed by atoms with E-state index in [4.69, 9.17) is 0 Å². The van der Waals surface area contributed by atoms with Gasteiger partial charge >= 0.3 is 0 Å². The molecule has 1 aliphatic rings. The average Bonchev–Trinajstić information content (AvgIpc) is 2.37. The molecular formula is C16H23NO2. The second kappa shape index (κ2) is 5.33. The summed E-state index contributed by atoms with van der Waals surface area (Å²) in [5.74, 6) is 0.103. The van der Waals surface area contributed by atoms with Crippen molar-refractivity contribution in [2.24, 2.45) is 5.41 Å². The van der Waals surface area contributed by atoms with Gasteiger partial charge in [-0.1, -0.05) is 50.6 Å². The van der Waals surface area contributed by atoms with Crippen molar-refractivity contribution < 1.29 is 9.90 Å². The second-order valence-corrected chi connectivity index (χ2v) is 6.31. The van der Waals surface area contributed by atoms with Crippen molar-refractivity contribution in [1.29, 1.82) is 0 Å². The van der Waals surface area contributed by atoms with E-state index in [0.29, 0.717) is 6.54 Å². The van der Waals surface area contributed by atoms with Crippen molar-refractivity contribution in [3.05, 3.63) is 35.9 Å². The van der Waals surface area contributed by atoms with Crippen molar-refractivity contribution in [2.75, 3.05) is 13.2 Å². The third kappa shape index (κ3) is 2.81. The quantitative estimate of drug-likeness (QED) is 0.854. The number of amides is 1. The van der Waals surface area contributed by atoms with Crippen LogP contribution < -0.4 is 5.32 Å². The number of rotatable bonds is 5. The lowest BCUT2D eigenvalue weighted by Crippen LogP contribution is -2.51. The molecular weight excluding hydrogens is 238 g/mol. The first-order valence-electron chi connectivity index (χ1n) is 6.95. The minimum Gasteiger partial charge on any atom is -0.396 e. The summed E-state index contributed by atoms with van der Waals surface area (Å²) in [6.45, 7) is 4.48. The van der Waals surface area contributed by atoms with Crippen molar-refractivity contribution in [3.8, 4) is 0 Å². The maximum absolute atomic E-state index is 12.5. The summed E-state index contributed by atoms with van der Waals surface area (Å²) >= 11 is 0. The van der Waals surface area contributed by atoms with Crippen LogP contribution in [-0.4, -0.2) is 24.2 Å². The van der Waals surface area contributed by atoms with Crippen LogP contribution in [0.5, 0.6) is 0 Å². The lowest BCUT2D eigenvalue weighted by Gasteiger charge is -2.41. The van der Waals surface area contributed by atoms with Gasteiger partial charge < -0.3 is 10.4 Å². The van der Waals surface area contributed by atoms with Crippen LogP contribution in [0, 0.1) is 5.41 Å². The molecule has 104 valence electrons. The van der Waals surface area contributed by atoms with E-state index in [1.165, 1.54) is 0 Å². The third-order valence-corrected chi connectivity index (χ3v) is 4.12. The first-order valence-corrected chi connectivity index (χ1v) is 6.95. The van der Waals surface area contributed by atoms with E-state index in [9.17, 15) is 9.90 Å². The van der Waals surface area contributed by atoms with E-state index in [1.54, 1.807) is 0 Å². The Morgan fingerprint density at radius 1 is 1.32 bits per heavy atom. The van der Waals surface area contributed by atoms with Gasteiger partial charge in [-0.2, -0.15) is 0 Å². The van der Waals surface area contributed by atoms with Gasteiger partial charge in [-0.15, -0.1) is 0 Å². The van der Waals surface area contributed by atoms with Crippen molar-refractivity contribution in [1.82, 2.24) is 5.32 Å². The van der Waals surface area contributed by atoms with Crippen LogP contribution in [0.25, 0.3) is 0 Å². The van der Waals surface area contributed by atoms with Gasteiger partial charge in [0.25, 0.3) is 0 Å². The van der Waals surface area contributed by atoms with Gasteiger partial charge in [0.05, 0.1) is 5.41 Å². The molecule has 0 unspecified atom stereocenters. The number of carbonyl (C=O) groups is 1. The first kappa shape index (κ1) is 14.1. The molecule has 1 aliphatic carbocycles. The molecule has 0 radical (unpaired) electrons. The summed E-state index contributed by atoms with van der Waals surface area (Å²) in [6.07, 6.45) is 2.94. The molecule has 0 heterocycles. The summed E-state index contributed by atoms with van der Waals surface area (Å²) in [6, 6.07) is 10.0. The van der Waals surface area contributed by atoms with Gasteiger partial charge in [-0.3, -0.25) is 4.79 Å². The Morgan fingerprint density at radius 3 is 2.42 bits per heavy atom. The lowest BCUT2D eigenvalue weighted by molar-refractivity contribution is -0.130. The first-order chi connectivity index (χ1) is 9.00. The summed E-state index contributed by atoms with van der Waals surface area (Å²) in [7, 11) is 0. The van der Waals surface area contributed by atoms with Gasteiger partial charge in [0, 0.05) is 18.6 Å². The molecule has 1 saturated carbocycles. The van der Waals surface area contributed by atoms with E-state index < -0.39 is 0 Å². The fraction of sp³-hybridized carbons (Fsp3) is 0.562. The summed E-state index contributed by atoms with van der Waals surface area (Å²) in [5.41, 5.74) is 0.505. The van der Waals surface area contributed by atoms with Crippen LogP contribution >= 0.6 is 0 Å². The zero-order valence-electron chi connectivity index (χ0n) is 11.8. The molecule has 3 nitrogen and oxygen atoms in total. The molecule has 1 aromatic carbocycles. The highest BCUT2D eigenvalue weighted by Gasteiger charge is 2.45. The molecule has 0 aliphatic heterocycles. The molecule has 2 N–H and O–H groups in total. The fourth-order valence-electron chi connectivity index (χ4n) is 2.48. The minimum atomic E-state index is -0.340. The fourth-order valence-corrected chi connectivity index (χ4v) is 2.48. The highest BCUT2D eigenvalue weighted by Crippen LogP contribution is 2.43. The van der Waals surface area contributed by atoms with Crippen LogP contribution in [0.1, 0.15) is 38.7 Å². The van der Waals surface area contributed by atoms with Crippen LogP contribution in [0.4, 0.5) is 0 Å². The molecule has 19 heavy (non-hydrogen) atoms. The molecule has 0 saturated heterocycles. The Bertz CT molecular complexity index is 435.